The Hall–Kier alpha value is -4.59. The van der Waals surface area contributed by atoms with Crippen molar-refractivity contribution in [3.63, 3.8) is 0 Å². The van der Waals surface area contributed by atoms with E-state index in [1.54, 1.807) is 6.08 Å². The molecule has 598 valence electrons. The summed E-state index contributed by atoms with van der Waals surface area (Å²) in [6.07, 6.45) is 67.9. The molecule has 17 unspecified atom stereocenters. The van der Waals surface area contributed by atoms with Crippen LogP contribution < -0.4 is 5.32 Å². The van der Waals surface area contributed by atoms with Crippen LogP contribution in [0.5, 0.6) is 0 Å². The van der Waals surface area contributed by atoms with Crippen LogP contribution in [0.25, 0.3) is 0 Å². The van der Waals surface area contributed by atoms with Gasteiger partial charge in [0, 0.05) is 6.42 Å². The number of allylic oxidation sites excluding steroid dienone is 25. The van der Waals surface area contributed by atoms with Crippen LogP contribution in [0.1, 0.15) is 245 Å². The highest BCUT2D eigenvalue weighted by atomic mass is 16.8. The summed E-state index contributed by atoms with van der Waals surface area (Å²) in [5.74, 6) is -0.310. The summed E-state index contributed by atoms with van der Waals surface area (Å²) in [6.45, 7) is 1.58. The number of amides is 1. The Kier molecular flexibility index (Phi) is 57.9. The van der Waals surface area contributed by atoms with E-state index in [1.165, 1.54) is 89.9 Å². The number of hydrogen-bond donors (Lipinski definition) is 12. The molecule has 0 saturated carbocycles. The normalized spacial score (nSPS) is 26.7. The van der Waals surface area contributed by atoms with Crippen LogP contribution in [-0.2, 0) is 33.2 Å². The first-order valence-corrected chi connectivity index (χ1v) is 40.2. The monoisotopic (exact) mass is 1480 g/mol. The Morgan fingerprint density at radius 1 is 0.352 bits per heavy atom. The molecule has 17 atom stereocenters. The Balaban J connectivity index is 1.38. The van der Waals surface area contributed by atoms with Crippen LogP contribution in [-0.4, -0.2) is 193 Å². The van der Waals surface area contributed by atoms with Gasteiger partial charge in [-0.15, -0.1) is 0 Å². The summed E-state index contributed by atoms with van der Waals surface area (Å²) in [5.41, 5.74) is 0. The Morgan fingerprint density at radius 2 is 0.667 bits per heavy atom. The molecule has 3 aliphatic heterocycles. The predicted molar refractivity (Wildman–Crippen MR) is 419 cm³/mol. The molecule has 19 heteroatoms. The number of unbranched alkanes of at least 4 members (excludes halogenated alkanes) is 21. The summed E-state index contributed by atoms with van der Waals surface area (Å²) in [7, 11) is 0. The van der Waals surface area contributed by atoms with E-state index in [2.05, 4.69) is 165 Å². The van der Waals surface area contributed by atoms with E-state index in [9.17, 15) is 61.0 Å². The lowest BCUT2D eigenvalue weighted by Crippen LogP contribution is -2.66. The lowest BCUT2D eigenvalue weighted by atomic mass is 9.96. The second-order valence-electron chi connectivity index (χ2n) is 27.8. The lowest BCUT2D eigenvalue weighted by Gasteiger charge is -2.48. The Labute approximate surface area is 631 Å². The molecule has 19 nitrogen and oxygen atoms in total. The van der Waals surface area contributed by atoms with Crippen molar-refractivity contribution in [2.45, 2.75) is 349 Å². The zero-order chi connectivity index (χ0) is 76.0. The van der Waals surface area contributed by atoms with Gasteiger partial charge < -0.3 is 89.9 Å². The second kappa shape index (κ2) is 64.3. The number of carbonyl (C=O) groups excluding carboxylic acids is 1. The summed E-state index contributed by atoms with van der Waals surface area (Å²) in [6, 6.07) is -1.01. The number of hydrogen-bond acceptors (Lipinski definition) is 18. The maximum Gasteiger partial charge on any atom is 0.220 e. The van der Waals surface area contributed by atoms with E-state index in [0.717, 1.165) is 122 Å². The van der Waals surface area contributed by atoms with Crippen molar-refractivity contribution >= 4 is 5.91 Å². The number of aliphatic hydroxyl groups excluding tert-OH is 11. The smallest absolute Gasteiger partial charge is 0.220 e. The first-order chi connectivity index (χ1) is 51.3. The Bertz CT molecular complexity index is 2520. The molecule has 0 aromatic rings. The molecule has 12 N–H and O–H groups in total. The molecule has 3 aliphatic rings. The molecule has 0 aliphatic carbocycles. The fourth-order valence-electron chi connectivity index (χ4n) is 12.4. The summed E-state index contributed by atoms with van der Waals surface area (Å²) in [5, 5.41) is 121. The van der Waals surface area contributed by atoms with Crippen molar-refractivity contribution in [1.82, 2.24) is 5.32 Å². The summed E-state index contributed by atoms with van der Waals surface area (Å²) in [4.78, 5) is 13.5. The van der Waals surface area contributed by atoms with Crippen molar-refractivity contribution in [3.8, 4) is 0 Å². The van der Waals surface area contributed by atoms with Crippen molar-refractivity contribution in [1.29, 1.82) is 0 Å². The fraction of sp³-hybridized carbons (Fsp3) is 0.686. The van der Waals surface area contributed by atoms with Gasteiger partial charge in [-0.05, 0) is 116 Å². The topological polar surface area (TPSA) is 307 Å². The third-order valence-corrected chi connectivity index (χ3v) is 18.8. The lowest BCUT2D eigenvalue weighted by molar-refractivity contribution is -0.379. The molecule has 3 saturated heterocycles. The van der Waals surface area contributed by atoms with Gasteiger partial charge in [0.05, 0.1) is 38.6 Å². The molecule has 0 spiro atoms. The molecular weight excluding hydrogens is 1330 g/mol. The molecule has 0 bridgehead atoms. The SMILES string of the molecule is CC/C=C\C/C=C\C/C=C\C/C=C\C/C=C\C/C=C\C/C=C\C/C=C\C/C=C\C/C=C\C/C=C\CCCCCCCC(=O)NC(COC1OC(CO)C(OC2OC(CO)C(OC3OC(CO)C(O)C(O)C3O)C(O)C2O)C(O)C1O)C(O)/C=C/CC/C=C/CCCCCCCCCCCCCCCCC. The van der Waals surface area contributed by atoms with E-state index < -0.39 is 124 Å². The van der Waals surface area contributed by atoms with E-state index >= 15 is 0 Å². The van der Waals surface area contributed by atoms with Crippen LogP contribution in [0, 0.1) is 0 Å². The van der Waals surface area contributed by atoms with Gasteiger partial charge in [0.1, 0.15) is 73.2 Å². The summed E-state index contributed by atoms with van der Waals surface area (Å²) >= 11 is 0. The van der Waals surface area contributed by atoms with Crippen LogP contribution >= 0.6 is 0 Å². The largest absolute Gasteiger partial charge is 0.394 e. The van der Waals surface area contributed by atoms with Gasteiger partial charge in [-0.3, -0.25) is 4.79 Å². The number of rotatable bonds is 61. The molecule has 105 heavy (non-hydrogen) atoms. The zero-order valence-corrected chi connectivity index (χ0v) is 63.9. The minimum Gasteiger partial charge on any atom is -0.394 e. The standard InChI is InChI=1S/C86H141NO18/c1-3-5-7-9-11-13-15-17-19-21-23-25-26-27-28-29-30-31-32-33-34-35-36-37-38-39-40-41-42-44-46-48-50-52-54-56-58-60-62-64-74(92)87-69(70(91)63-61-59-57-55-53-51-49-47-45-43-24-22-20-18-16-14-12-10-8-6-4-2)68-100-84-80(98)77(95)82(72(66-89)102-84)105-86-81(99)78(96)83(73(67-90)103-86)104-85-79(97)76(94)75(93)71(65-88)101-85/h5,7,11,13,17,19,23,25,27-28,30-31,33-34,36-37,39-40,42,44,48,50,53,55,61,63,69-73,75-86,88-91,93-99H,3-4,6,8-10,12,14-16,18,20-22,24,26,29,32,35,38,41,43,45-47,49,51-52,54,56-60,62,64-68H2,1-2H3,(H,87,92)/b7-5-,13-11-,19-17-,25-23-,28-27-,31-30-,34-33-,37-36-,40-39-,44-42-,50-48-,55-53+,63-61+. The van der Waals surface area contributed by atoms with E-state index in [-0.39, 0.29) is 18.9 Å². The molecular formula is C86H141NO18. The van der Waals surface area contributed by atoms with Gasteiger partial charge >= 0.3 is 0 Å². The molecule has 1 amide bonds. The number of ether oxygens (including phenoxy) is 6. The highest BCUT2D eigenvalue weighted by Crippen LogP contribution is 2.33. The van der Waals surface area contributed by atoms with Crippen molar-refractivity contribution < 1.29 is 89.4 Å². The molecule has 0 aromatic carbocycles. The average Bonchev–Trinajstić information content (AvgIpc) is 0.780. The molecule has 3 heterocycles. The minimum absolute atomic E-state index is 0.202. The second-order valence-corrected chi connectivity index (χ2v) is 27.8. The number of carbonyl (C=O) groups is 1. The maximum atomic E-state index is 13.5. The third kappa shape index (κ3) is 44.0. The van der Waals surface area contributed by atoms with Gasteiger partial charge in [0.2, 0.25) is 5.91 Å². The van der Waals surface area contributed by atoms with Crippen LogP contribution in [0.3, 0.4) is 0 Å². The van der Waals surface area contributed by atoms with Gasteiger partial charge in [-0.25, -0.2) is 0 Å². The molecule has 0 aromatic heterocycles. The van der Waals surface area contributed by atoms with Gasteiger partial charge in [0.15, 0.2) is 18.9 Å². The van der Waals surface area contributed by atoms with Crippen LogP contribution in [0.4, 0.5) is 0 Å². The first-order valence-electron chi connectivity index (χ1n) is 40.2. The highest BCUT2D eigenvalue weighted by molar-refractivity contribution is 5.76. The molecule has 3 fully saturated rings. The maximum absolute atomic E-state index is 13.5. The van der Waals surface area contributed by atoms with Crippen molar-refractivity contribution in [3.05, 3.63) is 158 Å². The number of nitrogens with one attached hydrogen (secondary N) is 1. The van der Waals surface area contributed by atoms with E-state index in [1.807, 2.05) is 6.08 Å². The van der Waals surface area contributed by atoms with Crippen LogP contribution in [0.2, 0.25) is 0 Å². The molecule has 0 radical (unpaired) electrons. The summed E-state index contributed by atoms with van der Waals surface area (Å²) < 4.78 is 34.4. The van der Waals surface area contributed by atoms with Crippen molar-refractivity contribution in [2.75, 3.05) is 26.4 Å². The quantitative estimate of drug-likeness (QED) is 0.0199. The van der Waals surface area contributed by atoms with Gasteiger partial charge in [0.25, 0.3) is 0 Å². The zero-order valence-electron chi connectivity index (χ0n) is 63.9. The molecule has 3 rings (SSSR count). The van der Waals surface area contributed by atoms with Crippen LogP contribution in [0.15, 0.2) is 158 Å². The van der Waals surface area contributed by atoms with Gasteiger partial charge in [-0.1, -0.05) is 281 Å². The van der Waals surface area contributed by atoms with Gasteiger partial charge in [-0.2, -0.15) is 0 Å². The van der Waals surface area contributed by atoms with Crippen molar-refractivity contribution in [2.24, 2.45) is 0 Å². The Morgan fingerprint density at radius 3 is 1.07 bits per heavy atom. The number of aliphatic hydroxyl groups is 11. The average molecular weight is 1480 g/mol. The van der Waals surface area contributed by atoms with E-state index in [4.69, 9.17) is 28.4 Å². The minimum atomic E-state index is -1.99. The highest BCUT2D eigenvalue weighted by Gasteiger charge is 2.54. The fourth-order valence-corrected chi connectivity index (χ4v) is 12.4. The first kappa shape index (κ1) is 94.6. The van der Waals surface area contributed by atoms with E-state index in [0.29, 0.717) is 12.8 Å². The predicted octanol–water partition coefficient (Wildman–Crippen LogP) is 13.6. The third-order valence-electron chi connectivity index (χ3n) is 18.8.